The molecule has 0 radical (unpaired) electrons. The van der Waals surface area contributed by atoms with Crippen molar-refractivity contribution in [3.63, 3.8) is 0 Å². The van der Waals surface area contributed by atoms with Crippen LogP contribution in [-0.2, 0) is 16.1 Å². The highest BCUT2D eigenvalue weighted by Crippen LogP contribution is 2.23. The Morgan fingerprint density at radius 2 is 1.91 bits per heavy atom. The lowest BCUT2D eigenvalue weighted by Gasteiger charge is -2.35. The lowest BCUT2D eigenvalue weighted by Crippen LogP contribution is -2.64. The summed E-state index contributed by atoms with van der Waals surface area (Å²) in [6, 6.07) is 16.4. The van der Waals surface area contributed by atoms with Crippen LogP contribution in [0.25, 0.3) is 0 Å². The van der Waals surface area contributed by atoms with Crippen LogP contribution >= 0.6 is 0 Å². The fourth-order valence-electron chi connectivity index (χ4n) is 3.61. The number of fused-ring (bicyclic) bond motifs is 1. The minimum absolute atomic E-state index is 0.392. The minimum atomic E-state index is -0.637. The number of aliphatic imine (C=N–C) groups is 1. The number of amides is 3. The van der Waals surface area contributed by atoms with Crippen LogP contribution in [0.1, 0.15) is 11.1 Å². The zero-order chi connectivity index (χ0) is 23.2. The molecule has 2 unspecified atom stereocenters. The molecule has 2 N–H and O–H groups in total. The van der Waals surface area contributed by atoms with E-state index in [0.717, 1.165) is 16.9 Å². The van der Waals surface area contributed by atoms with Crippen LogP contribution in [0.2, 0.25) is 0 Å². The molecule has 2 aliphatic heterocycles. The van der Waals surface area contributed by atoms with E-state index < -0.39 is 24.1 Å². The molecule has 2 aromatic rings. The topological polar surface area (TPSA) is 108 Å². The molecule has 0 aromatic heterocycles. The Morgan fingerprint density at radius 3 is 2.64 bits per heavy atom. The quantitative estimate of drug-likeness (QED) is 0.465. The fraction of sp³-hybridized carbons (Fsp3) is 0.304. The average Bonchev–Trinajstić information content (AvgIpc) is 3.20. The first-order valence-electron chi connectivity index (χ1n) is 10.5. The van der Waals surface area contributed by atoms with E-state index in [0.29, 0.717) is 25.7 Å². The van der Waals surface area contributed by atoms with E-state index in [1.807, 2.05) is 54.6 Å². The zero-order valence-corrected chi connectivity index (χ0v) is 18.5. The minimum Gasteiger partial charge on any atom is -0.489 e. The van der Waals surface area contributed by atoms with Gasteiger partial charge in [0, 0.05) is 20.7 Å². The van der Waals surface area contributed by atoms with E-state index in [9.17, 15) is 9.59 Å². The molecule has 1 saturated heterocycles. The number of urea groups is 1. The highest BCUT2D eigenvalue weighted by Gasteiger charge is 2.48. The van der Waals surface area contributed by atoms with Gasteiger partial charge in [0.2, 0.25) is 5.96 Å². The van der Waals surface area contributed by atoms with Crippen molar-refractivity contribution in [3.05, 3.63) is 65.7 Å². The van der Waals surface area contributed by atoms with Gasteiger partial charge in [0.05, 0.1) is 12.8 Å². The number of benzene rings is 2. The number of imide groups is 1. The second-order valence-corrected chi connectivity index (χ2v) is 7.62. The summed E-state index contributed by atoms with van der Waals surface area (Å²) in [5, 5.41) is 6.62. The number of carbonyl (C=O) groups is 2. The van der Waals surface area contributed by atoms with Crippen LogP contribution < -0.4 is 15.5 Å². The molecule has 3 amide bonds. The van der Waals surface area contributed by atoms with E-state index in [1.54, 1.807) is 25.3 Å². The van der Waals surface area contributed by atoms with Crippen molar-refractivity contribution in [1.82, 2.24) is 20.5 Å². The highest BCUT2D eigenvalue weighted by atomic mass is 16.5. The smallest absolute Gasteiger partial charge is 0.325 e. The van der Waals surface area contributed by atoms with Crippen molar-refractivity contribution in [2.24, 2.45) is 10.1 Å². The fourth-order valence-corrected chi connectivity index (χ4v) is 3.61. The summed E-state index contributed by atoms with van der Waals surface area (Å²) in [5.74, 6) is 0.769. The molecule has 0 spiro atoms. The van der Waals surface area contributed by atoms with Gasteiger partial charge < -0.3 is 19.3 Å². The molecule has 2 atom stereocenters. The zero-order valence-electron chi connectivity index (χ0n) is 18.5. The van der Waals surface area contributed by atoms with Gasteiger partial charge in [-0.15, -0.1) is 0 Å². The van der Waals surface area contributed by atoms with E-state index in [1.165, 1.54) is 4.90 Å². The van der Waals surface area contributed by atoms with Gasteiger partial charge in [-0.2, -0.15) is 5.10 Å². The van der Waals surface area contributed by atoms with Crippen LogP contribution in [0, 0.1) is 0 Å². The molecule has 0 aliphatic carbocycles. The molecule has 0 saturated carbocycles. The van der Waals surface area contributed by atoms with Crippen molar-refractivity contribution in [2.75, 3.05) is 27.3 Å². The van der Waals surface area contributed by atoms with Crippen LogP contribution in [0.5, 0.6) is 5.75 Å². The predicted octanol–water partition coefficient (Wildman–Crippen LogP) is 1.38. The van der Waals surface area contributed by atoms with E-state index >= 15 is 0 Å². The summed E-state index contributed by atoms with van der Waals surface area (Å²) in [5.41, 5.74) is 4.86. The van der Waals surface area contributed by atoms with E-state index in [4.69, 9.17) is 9.47 Å². The van der Waals surface area contributed by atoms with Gasteiger partial charge in [-0.1, -0.05) is 30.3 Å². The van der Waals surface area contributed by atoms with E-state index in [-0.39, 0.29) is 0 Å². The summed E-state index contributed by atoms with van der Waals surface area (Å²) < 4.78 is 11.0. The number of rotatable bonds is 8. The van der Waals surface area contributed by atoms with Crippen LogP contribution in [0.15, 0.2) is 64.7 Å². The largest absolute Gasteiger partial charge is 0.489 e. The number of likely N-dealkylation sites (N-methyl/N-ethyl adjacent to an activating group) is 1. The number of nitrogens with one attached hydrogen (secondary N) is 2. The number of nitrogens with zero attached hydrogens (tertiary/aromatic N) is 4. The monoisotopic (exact) mass is 450 g/mol. The first-order chi connectivity index (χ1) is 16.1. The average molecular weight is 450 g/mol. The number of methoxy groups -OCH3 is 1. The molecule has 1 fully saturated rings. The molecule has 2 aromatic carbocycles. The highest BCUT2D eigenvalue weighted by molar-refractivity contribution is 6.03. The van der Waals surface area contributed by atoms with Crippen LogP contribution in [-0.4, -0.2) is 73.4 Å². The van der Waals surface area contributed by atoms with Gasteiger partial charge in [-0.25, -0.2) is 15.2 Å². The Hall–Kier alpha value is -3.92. The maximum Gasteiger partial charge on any atom is 0.325 e. The molecule has 2 aliphatic rings. The summed E-state index contributed by atoms with van der Waals surface area (Å²) in [6.07, 6.45) is 1.02. The van der Waals surface area contributed by atoms with Crippen molar-refractivity contribution in [1.29, 1.82) is 0 Å². The molecule has 0 bridgehead atoms. The number of hydrogen-bond acceptors (Lipinski definition) is 8. The Morgan fingerprint density at radius 1 is 1.15 bits per heavy atom. The maximum atomic E-state index is 12.4. The molecular formula is C23H26N6O4. The van der Waals surface area contributed by atoms with Gasteiger partial charge in [0.1, 0.15) is 12.4 Å². The Bertz CT molecular complexity index is 1040. The normalized spacial score (nSPS) is 20.0. The van der Waals surface area contributed by atoms with Crippen LogP contribution in [0.4, 0.5) is 4.79 Å². The molecular weight excluding hydrogens is 424 g/mol. The predicted molar refractivity (Wildman–Crippen MR) is 123 cm³/mol. The Labute approximate surface area is 191 Å². The number of hydrazone groups is 1. The summed E-state index contributed by atoms with van der Waals surface area (Å²) in [7, 11) is 3.19. The van der Waals surface area contributed by atoms with Crippen molar-refractivity contribution < 1.29 is 19.1 Å². The SMILES string of the molecule is COCCN1C(N/N=C/c2ccc(OCc3ccccc3)cc2)=NC2C1C(=O)NC(=O)N2C. The van der Waals surface area contributed by atoms with Gasteiger partial charge in [-0.3, -0.25) is 10.1 Å². The molecule has 10 nitrogen and oxygen atoms in total. The standard InChI is InChI=1S/C23H26N6O4/c1-28-20-19(21(30)26-23(28)31)29(12-13-32-2)22(25-20)27-24-14-16-8-10-18(11-9-16)33-15-17-6-4-3-5-7-17/h3-11,14,19-20H,12-13,15H2,1-2H3,(H,25,27)(H,26,30,31)/b24-14+. The molecule has 33 heavy (non-hydrogen) atoms. The molecule has 172 valence electrons. The summed E-state index contributed by atoms with van der Waals surface area (Å²) in [4.78, 5) is 32.0. The first-order valence-corrected chi connectivity index (χ1v) is 10.5. The Kier molecular flexibility index (Phi) is 6.84. The summed E-state index contributed by atoms with van der Waals surface area (Å²) in [6.45, 7) is 1.31. The third-order valence-corrected chi connectivity index (χ3v) is 5.40. The van der Waals surface area contributed by atoms with Crippen molar-refractivity contribution >= 4 is 24.1 Å². The van der Waals surface area contributed by atoms with Crippen molar-refractivity contribution in [3.8, 4) is 5.75 Å². The van der Waals surface area contributed by atoms with Gasteiger partial charge in [0.25, 0.3) is 5.91 Å². The van der Waals surface area contributed by atoms with E-state index in [2.05, 4.69) is 20.8 Å². The number of carbonyl (C=O) groups excluding carboxylic acids is 2. The van der Waals surface area contributed by atoms with Crippen molar-refractivity contribution in [2.45, 2.75) is 18.8 Å². The van der Waals surface area contributed by atoms with Gasteiger partial charge >= 0.3 is 6.03 Å². The number of ether oxygens (including phenoxy) is 2. The molecule has 2 heterocycles. The molecule has 4 rings (SSSR count). The number of guanidine groups is 1. The maximum absolute atomic E-state index is 12.4. The second-order valence-electron chi connectivity index (χ2n) is 7.62. The summed E-state index contributed by atoms with van der Waals surface area (Å²) >= 11 is 0. The lowest BCUT2D eigenvalue weighted by molar-refractivity contribution is -0.127. The lowest BCUT2D eigenvalue weighted by atomic mass is 10.1. The first kappa shape index (κ1) is 22.3. The Balaban J connectivity index is 1.38. The van der Waals surface area contributed by atoms with Gasteiger partial charge in [-0.05, 0) is 35.4 Å². The molecule has 10 heteroatoms. The number of hydrogen-bond donors (Lipinski definition) is 2. The van der Waals surface area contributed by atoms with Crippen LogP contribution in [0.3, 0.4) is 0 Å². The van der Waals surface area contributed by atoms with Gasteiger partial charge in [0.15, 0.2) is 12.2 Å². The second kappa shape index (κ2) is 10.1. The third-order valence-electron chi connectivity index (χ3n) is 5.40. The third kappa shape index (κ3) is 5.12.